The van der Waals surface area contributed by atoms with Crippen LogP contribution in [0.5, 0.6) is 0 Å². The quantitative estimate of drug-likeness (QED) is 0.738. The Bertz CT molecular complexity index is 370. The maximum Gasteiger partial charge on any atom is 0.242 e. The monoisotopic (exact) mass is 222 g/mol. The van der Waals surface area contributed by atoms with Crippen molar-refractivity contribution in [3.63, 3.8) is 0 Å². The summed E-state index contributed by atoms with van der Waals surface area (Å²) in [5, 5.41) is 6.86. The average molecular weight is 222 g/mol. The Morgan fingerprint density at radius 1 is 1.75 bits per heavy atom. The van der Waals surface area contributed by atoms with E-state index in [0.29, 0.717) is 12.2 Å². The molecule has 1 amide bonds. The van der Waals surface area contributed by atoms with Crippen molar-refractivity contribution >= 4 is 11.7 Å². The zero-order valence-corrected chi connectivity index (χ0v) is 9.68. The molecule has 1 atom stereocenters. The Hall–Kier alpha value is -1.62. The van der Waals surface area contributed by atoms with E-state index in [9.17, 15) is 4.79 Å². The molecule has 0 bridgehead atoms. The summed E-state index contributed by atoms with van der Waals surface area (Å²) >= 11 is 0. The van der Waals surface area contributed by atoms with Gasteiger partial charge in [-0.05, 0) is 20.3 Å². The number of carbonyl (C=O) groups is 1. The van der Waals surface area contributed by atoms with E-state index in [4.69, 9.17) is 5.73 Å². The molecule has 1 rings (SSSR count). The van der Waals surface area contributed by atoms with Gasteiger partial charge in [0.15, 0.2) is 0 Å². The lowest BCUT2D eigenvalue weighted by atomic mass is 10.2. The largest absolute Gasteiger partial charge is 0.320 e. The van der Waals surface area contributed by atoms with E-state index >= 15 is 0 Å². The van der Waals surface area contributed by atoms with Crippen LogP contribution in [0.1, 0.15) is 26.3 Å². The third-order valence-corrected chi connectivity index (χ3v) is 2.17. The normalized spacial score (nSPS) is 12.5. The van der Waals surface area contributed by atoms with Gasteiger partial charge in [-0.15, -0.1) is 6.58 Å². The van der Waals surface area contributed by atoms with Gasteiger partial charge in [-0.2, -0.15) is 5.10 Å². The van der Waals surface area contributed by atoms with E-state index in [1.54, 1.807) is 23.0 Å². The number of rotatable bonds is 5. The first kappa shape index (κ1) is 12.4. The number of carbonyl (C=O) groups excluding carboxylic acids is 1. The maximum atomic E-state index is 11.7. The number of hydrogen-bond acceptors (Lipinski definition) is 3. The van der Waals surface area contributed by atoms with Gasteiger partial charge in [0.2, 0.25) is 5.91 Å². The Morgan fingerprint density at radius 2 is 2.44 bits per heavy atom. The molecule has 88 valence electrons. The zero-order valence-electron chi connectivity index (χ0n) is 9.68. The topological polar surface area (TPSA) is 72.9 Å². The fourth-order valence-corrected chi connectivity index (χ4v) is 1.33. The summed E-state index contributed by atoms with van der Waals surface area (Å²) in [5.74, 6) is 0.446. The van der Waals surface area contributed by atoms with Crippen LogP contribution in [0.25, 0.3) is 0 Å². The highest BCUT2D eigenvalue weighted by Gasteiger charge is 2.14. The summed E-state index contributed by atoms with van der Waals surface area (Å²) in [7, 11) is 0. The van der Waals surface area contributed by atoms with Crippen molar-refractivity contribution in [1.82, 2.24) is 9.78 Å². The van der Waals surface area contributed by atoms with Gasteiger partial charge in [0.25, 0.3) is 0 Å². The third kappa shape index (κ3) is 2.93. The molecular formula is C11H18N4O. The fraction of sp³-hybridized carbons (Fsp3) is 0.455. The summed E-state index contributed by atoms with van der Waals surface area (Å²) in [6.07, 6.45) is 3.74. The molecule has 1 heterocycles. The van der Waals surface area contributed by atoms with Crippen molar-refractivity contribution in [2.24, 2.45) is 5.73 Å². The summed E-state index contributed by atoms with van der Waals surface area (Å²) in [4.78, 5) is 11.7. The van der Waals surface area contributed by atoms with Crippen LogP contribution in [-0.4, -0.2) is 21.7 Å². The summed E-state index contributed by atoms with van der Waals surface area (Å²) < 4.78 is 1.73. The molecule has 0 saturated carbocycles. The molecule has 0 aliphatic rings. The van der Waals surface area contributed by atoms with Crippen LogP contribution >= 0.6 is 0 Å². The first-order valence-electron chi connectivity index (χ1n) is 5.27. The van der Waals surface area contributed by atoms with Gasteiger partial charge in [0.1, 0.15) is 5.82 Å². The minimum Gasteiger partial charge on any atom is -0.320 e. The standard InChI is InChI=1S/C11H18N4O/c1-4-5-9(12)11(16)14-10-6-7-13-15(10)8(2)3/h4,6-9H,1,5,12H2,2-3H3,(H,14,16). The van der Waals surface area contributed by atoms with Crippen LogP contribution in [0, 0.1) is 0 Å². The number of nitrogens with zero attached hydrogens (tertiary/aromatic N) is 2. The predicted molar refractivity (Wildman–Crippen MR) is 64.0 cm³/mol. The lowest BCUT2D eigenvalue weighted by Gasteiger charge is -2.14. The molecule has 3 N–H and O–H groups in total. The van der Waals surface area contributed by atoms with Crippen LogP contribution in [0.2, 0.25) is 0 Å². The van der Waals surface area contributed by atoms with E-state index < -0.39 is 6.04 Å². The minimum atomic E-state index is -0.562. The molecule has 0 aliphatic heterocycles. The van der Waals surface area contributed by atoms with Crippen molar-refractivity contribution in [2.45, 2.75) is 32.4 Å². The lowest BCUT2D eigenvalue weighted by molar-refractivity contribution is -0.117. The van der Waals surface area contributed by atoms with Crippen LogP contribution in [0.4, 0.5) is 5.82 Å². The highest BCUT2D eigenvalue weighted by Crippen LogP contribution is 2.13. The highest BCUT2D eigenvalue weighted by molar-refractivity contribution is 5.94. The van der Waals surface area contributed by atoms with Gasteiger partial charge in [-0.25, -0.2) is 4.68 Å². The number of nitrogens with one attached hydrogen (secondary N) is 1. The number of amides is 1. The van der Waals surface area contributed by atoms with Gasteiger partial charge in [-0.3, -0.25) is 4.79 Å². The molecule has 16 heavy (non-hydrogen) atoms. The van der Waals surface area contributed by atoms with Gasteiger partial charge in [-0.1, -0.05) is 6.08 Å². The van der Waals surface area contributed by atoms with Crippen molar-refractivity contribution in [3.8, 4) is 0 Å². The summed E-state index contributed by atoms with van der Waals surface area (Å²) in [5.41, 5.74) is 5.66. The second-order valence-corrected chi connectivity index (χ2v) is 3.87. The number of nitrogens with two attached hydrogens (primary N) is 1. The van der Waals surface area contributed by atoms with Crippen LogP contribution in [0.15, 0.2) is 24.9 Å². The molecule has 0 fully saturated rings. The molecular weight excluding hydrogens is 204 g/mol. The first-order valence-corrected chi connectivity index (χ1v) is 5.27. The second-order valence-electron chi connectivity index (χ2n) is 3.87. The number of anilines is 1. The Labute approximate surface area is 95.3 Å². The van der Waals surface area contributed by atoms with E-state index in [2.05, 4.69) is 17.0 Å². The van der Waals surface area contributed by atoms with Crippen LogP contribution in [-0.2, 0) is 4.79 Å². The Balaban J connectivity index is 2.69. The lowest BCUT2D eigenvalue weighted by Crippen LogP contribution is -2.35. The van der Waals surface area contributed by atoms with Gasteiger partial charge in [0, 0.05) is 12.1 Å². The summed E-state index contributed by atoms with van der Waals surface area (Å²) in [6.45, 7) is 7.53. The van der Waals surface area contributed by atoms with Crippen molar-refractivity contribution in [3.05, 3.63) is 24.9 Å². The molecule has 1 unspecified atom stereocenters. The maximum absolute atomic E-state index is 11.7. The molecule has 5 nitrogen and oxygen atoms in total. The first-order chi connectivity index (χ1) is 7.56. The minimum absolute atomic E-state index is 0.195. The van der Waals surface area contributed by atoms with E-state index in [1.165, 1.54) is 0 Å². The average Bonchev–Trinajstić information content (AvgIpc) is 2.66. The van der Waals surface area contributed by atoms with Gasteiger partial charge in [0.05, 0.1) is 12.2 Å². The van der Waals surface area contributed by atoms with Crippen LogP contribution in [0.3, 0.4) is 0 Å². The van der Waals surface area contributed by atoms with Crippen molar-refractivity contribution in [1.29, 1.82) is 0 Å². The SMILES string of the molecule is C=CCC(N)C(=O)Nc1ccnn1C(C)C. The third-order valence-electron chi connectivity index (χ3n) is 2.17. The van der Waals surface area contributed by atoms with Crippen molar-refractivity contribution in [2.75, 3.05) is 5.32 Å². The highest BCUT2D eigenvalue weighted by atomic mass is 16.2. The van der Waals surface area contributed by atoms with Gasteiger partial charge >= 0.3 is 0 Å². The second kappa shape index (κ2) is 5.46. The Kier molecular flexibility index (Phi) is 4.25. The molecule has 0 saturated heterocycles. The zero-order chi connectivity index (χ0) is 12.1. The van der Waals surface area contributed by atoms with E-state index in [1.807, 2.05) is 13.8 Å². The summed E-state index contributed by atoms with van der Waals surface area (Å²) in [6, 6.07) is 1.38. The molecule has 1 aromatic rings. The van der Waals surface area contributed by atoms with Gasteiger partial charge < -0.3 is 11.1 Å². The Morgan fingerprint density at radius 3 is 3.00 bits per heavy atom. The number of aromatic nitrogens is 2. The van der Waals surface area contributed by atoms with Crippen LogP contribution < -0.4 is 11.1 Å². The smallest absolute Gasteiger partial charge is 0.242 e. The molecule has 0 aliphatic carbocycles. The molecule has 0 aromatic carbocycles. The van der Waals surface area contributed by atoms with E-state index in [-0.39, 0.29) is 11.9 Å². The van der Waals surface area contributed by atoms with Crippen molar-refractivity contribution < 1.29 is 4.79 Å². The predicted octanol–water partition coefficient (Wildman–Crippen LogP) is 1.31. The molecule has 5 heteroatoms. The number of hydrogen-bond donors (Lipinski definition) is 2. The molecule has 1 aromatic heterocycles. The van der Waals surface area contributed by atoms with E-state index in [0.717, 1.165) is 0 Å². The molecule has 0 spiro atoms. The fourth-order valence-electron chi connectivity index (χ4n) is 1.33. The molecule has 0 radical (unpaired) electrons.